The van der Waals surface area contributed by atoms with Crippen molar-refractivity contribution in [3.63, 3.8) is 0 Å². The molecule has 0 aromatic rings. The number of hydrogen-bond donors (Lipinski definition) is 0. The van der Waals surface area contributed by atoms with Gasteiger partial charge in [-0.3, -0.25) is 0 Å². The molecule has 0 aliphatic rings. The molecule has 0 radical (unpaired) electrons. The van der Waals surface area contributed by atoms with Gasteiger partial charge in [0.15, 0.2) is 0 Å². The molecule has 0 unspecified atom stereocenters. The normalized spacial score (nSPS) is 12.8. The second-order valence-electron chi connectivity index (χ2n) is 1.02. The fourth-order valence-electron chi connectivity index (χ4n) is 0.212. The van der Waals surface area contributed by atoms with Gasteiger partial charge in [-0.1, -0.05) is 56.2 Å². The number of hydrogen-bond acceptors (Lipinski definition) is 0. The fraction of sp³-hybridized carbons (Fsp3) is 0. The molecule has 0 amide bonds. The first-order valence-electron chi connectivity index (χ1n) is 2.10. The van der Waals surface area contributed by atoms with Gasteiger partial charge < -0.3 is 0 Å². The first-order chi connectivity index (χ1) is 3.91. The van der Waals surface area contributed by atoms with E-state index in [0.29, 0.717) is 0 Å². The summed E-state index contributed by atoms with van der Waals surface area (Å²) in [4.78, 5) is 3.59. The van der Waals surface area contributed by atoms with E-state index in [9.17, 15) is 0 Å². The molecule has 0 atom stereocenters. The van der Waals surface area contributed by atoms with Crippen molar-refractivity contribution < 1.29 is 0 Å². The molecular weight excluding hydrogens is 232 g/mol. The van der Waals surface area contributed by atoms with Crippen LogP contribution >= 0.6 is 31.9 Å². The molecule has 0 rings (SSSR count). The topological polar surface area (TPSA) is 0 Å². The lowest BCUT2D eigenvalue weighted by Crippen LogP contribution is -1.43. The average molecular weight is 238 g/mol. The highest BCUT2D eigenvalue weighted by Crippen LogP contribution is 1.86. The number of rotatable bonds is 2. The average Bonchev–Trinajstić information content (AvgIpc) is 1.81. The van der Waals surface area contributed by atoms with Gasteiger partial charge in [0.05, 0.1) is 0 Å². The molecule has 0 N–H and O–H groups in total. The lowest BCUT2D eigenvalue weighted by atomic mass is 10.5. The van der Waals surface area contributed by atoms with Crippen LogP contribution < -0.4 is 0 Å². The van der Waals surface area contributed by atoms with E-state index in [4.69, 9.17) is 0 Å². The SMILES string of the molecule is Br\C=C/C=C/C=C/Br. The molecule has 0 aliphatic carbocycles. The third-order valence-corrected chi connectivity index (χ3v) is 1.09. The van der Waals surface area contributed by atoms with Gasteiger partial charge in [0, 0.05) is 0 Å². The van der Waals surface area contributed by atoms with E-state index in [0.717, 1.165) is 0 Å². The van der Waals surface area contributed by atoms with Crippen molar-refractivity contribution >= 4 is 31.9 Å². The van der Waals surface area contributed by atoms with Crippen LogP contribution in [0.2, 0.25) is 0 Å². The summed E-state index contributed by atoms with van der Waals surface area (Å²) in [5.41, 5.74) is 0. The van der Waals surface area contributed by atoms with Gasteiger partial charge in [-0.2, -0.15) is 0 Å². The summed E-state index contributed by atoms with van der Waals surface area (Å²) in [7, 11) is 0. The number of halogens is 2. The van der Waals surface area contributed by atoms with Crippen LogP contribution in [0.15, 0.2) is 34.3 Å². The molecule has 0 fully saturated rings. The minimum atomic E-state index is 1.80. The molecule has 0 saturated heterocycles. The van der Waals surface area contributed by atoms with Crippen LogP contribution in [-0.4, -0.2) is 0 Å². The fourth-order valence-corrected chi connectivity index (χ4v) is 0.565. The third kappa shape index (κ3) is 6.18. The van der Waals surface area contributed by atoms with Crippen molar-refractivity contribution in [1.29, 1.82) is 0 Å². The van der Waals surface area contributed by atoms with Gasteiger partial charge in [0.1, 0.15) is 0 Å². The summed E-state index contributed by atoms with van der Waals surface area (Å²) >= 11 is 6.27. The molecule has 0 aromatic heterocycles. The maximum absolute atomic E-state index is 3.13. The first-order valence-corrected chi connectivity index (χ1v) is 3.93. The molecule has 0 aliphatic heterocycles. The summed E-state index contributed by atoms with van der Waals surface area (Å²) in [5, 5.41) is 0. The number of allylic oxidation sites excluding steroid dienone is 4. The minimum absolute atomic E-state index is 1.80. The smallest absolute Gasteiger partial charge is 0.0189 e. The molecule has 0 nitrogen and oxygen atoms in total. The second-order valence-corrected chi connectivity index (χ2v) is 2.08. The maximum atomic E-state index is 3.13. The Kier molecular flexibility index (Phi) is 7.34. The predicted octanol–water partition coefficient (Wildman–Crippen LogP) is 3.36. The third-order valence-electron chi connectivity index (χ3n) is 0.479. The monoisotopic (exact) mass is 236 g/mol. The molecule has 2 heteroatoms. The molecule has 0 bridgehead atoms. The van der Waals surface area contributed by atoms with Crippen LogP contribution in [0.25, 0.3) is 0 Å². The van der Waals surface area contributed by atoms with Gasteiger partial charge in [-0.25, -0.2) is 0 Å². The maximum Gasteiger partial charge on any atom is -0.0189 e. The highest BCUT2D eigenvalue weighted by molar-refractivity contribution is 9.11. The van der Waals surface area contributed by atoms with Crippen molar-refractivity contribution in [2.24, 2.45) is 0 Å². The Balaban J connectivity index is 3.35. The quantitative estimate of drug-likeness (QED) is 0.647. The zero-order valence-electron chi connectivity index (χ0n) is 4.22. The van der Waals surface area contributed by atoms with Crippen LogP contribution in [-0.2, 0) is 0 Å². The molecule has 0 spiro atoms. The van der Waals surface area contributed by atoms with Gasteiger partial charge in [0.2, 0.25) is 0 Å². The van der Waals surface area contributed by atoms with E-state index in [2.05, 4.69) is 31.9 Å². The standard InChI is InChI=1S/C6H6Br2/c7-5-3-1-2-4-6-8/h1-6H/b2-1+,5-3-,6-4+. The van der Waals surface area contributed by atoms with Crippen molar-refractivity contribution in [3.8, 4) is 0 Å². The van der Waals surface area contributed by atoms with Crippen molar-refractivity contribution in [1.82, 2.24) is 0 Å². The van der Waals surface area contributed by atoms with Crippen LogP contribution in [0.5, 0.6) is 0 Å². The van der Waals surface area contributed by atoms with Gasteiger partial charge >= 0.3 is 0 Å². The highest BCUT2D eigenvalue weighted by atomic mass is 79.9. The summed E-state index contributed by atoms with van der Waals surface area (Å²) < 4.78 is 0. The summed E-state index contributed by atoms with van der Waals surface area (Å²) in [5.74, 6) is 0. The van der Waals surface area contributed by atoms with Gasteiger partial charge in [-0.15, -0.1) is 0 Å². The lowest BCUT2D eigenvalue weighted by molar-refractivity contribution is 1.97. The van der Waals surface area contributed by atoms with Crippen LogP contribution in [0.1, 0.15) is 0 Å². The van der Waals surface area contributed by atoms with Gasteiger partial charge in [0.25, 0.3) is 0 Å². The largest absolute Gasteiger partial charge is 0.0617 e. The molecule has 0 heterocycles. The molecule has 44 valence electrons. The van der Waals surface area contributed by atoms with Gasteiger partial charge in [-0.05, 0) is 9.97 Å². The van der Waals surface area contributed by atoms with E-state index < -0.39 is 0 Å². The second kappa shape index (κ2) is 7.18. The lowest BCUT2D eigenvalue weighted by Gasteiger charge is -1.66. The Bertz CT molecular complexity index is 97.7. The van der Waals surface area contributed by atoms with Crippen LogP contribution in [0.4, 0.5) is 0 Å². The summed E-state index contributed by atoms with van der Waals surface area (Å²) in [6, 6.07) is 0. The first kappa shape index (κ1) is 8.18. The van der Waals surface area contributed by atoms with Crippen molar-refractivity contribution in [2.45, 2.75) is 0 Å². The summed E-state index contributed by atoms with van der Waals surface area (Å²) in [6.45, 7) is 0. The van der Waals surface area contributed by atoms with E-state index in [1.807, 2.05) is 24.3 Å². The minimum Gasteiger partial charge on any atom is -0.0617 e. The summed E-state index contributed by atoms with van der Waals surface area (Å²) in [6.07, 6.45) is 7.64. The Morgan fingerprint density at radius 2 is 1.00 bits per heavy atom. The Labute approximate surface area is 66.2 Å². The van der Waals surface area contributed by atoms with E-state index >= 15 is 0 Å². The molecular formula is C6H6Br2. The zero-order chi connectivity index (χ0) is 6.24. The Morgan fingerprint density at radius 3 is 1.25 bits per heavy atom. The predicted molar refractivity (Wildman–Crippen MR) is 45.3 cm³/mol. The van der Waals surface area contributed by atoms with Crippen LogP contribution in [0.3, 0.4) is 0 Å². The highest BCUT2D eigenvalue weighted by Gasteiger charge is 1.56. The Morgan fingerprint density at radius 1 is 0.625 bits per heavy atom. The molecule has 8 heavy (non-hydrogen) atoms. The molecule has 0 aromatic carbocycles. The van der Waals surface area contributed by atoms with Crippen molar-refractivity contribution in [2.75, 3.05) is 0 Å². The molecule has 0 saturated carbocycles. The van der Waals surface area contributed by atoms with Crippen LogP contribution in [0, 0.1) is 0 Å². The zero-order valence-corrected chi connectivity index (χ0v) is 7.39. The van der Waals surface area contributed by atoms with E-state index in [1.54, 1.807) is 9.97 Å². The van der Waals surface area contributed by atoms with Crippen molar-refractivity contribution in [3.05, 3.63) is 34.3 Å². The Hall–Kier alpha value is 0.180. The van der Waals surface area contributed by atoms with E-state index in [1.165, 1.54) is 0 Å². The van der Waals surface area contributed by atoms with E-state index in [-0.39, 0.29) is 0 Å².